The molecule has 2 aromatic rings. The van der Waals surface area contributed by atoms with E-state index in [1.807, 2.05) is 45.6 Å². The smallest absolute Gasteiger partial charge is 0.242 e. The zero-order chi connectivity index (χ0) is 19.2. The third-order valence-electron chi connectivity index (χ3n) is 4.56. The summed E-state index contributed by atoms with van der Waals surface area (Å²) >= 11 is 5.92. The molecule has 0 saturated carbocycles. The van der Waals surface area contributed by atoms with Crippen LogP contribution in [-0.4, -0.2) is 63.1 Å². The number of aromatic nitrogens is 3. The van der Waals surface area contributed by atoms with Crippen LogP contribution < -0.4 is 5.32 Å². The maximum absolute atomic E-state index is 12.6. The lowest BCUT2D eigenvalue weighted by molar-refractivity contribution is -0.135. The first-order chi connectivity index (χ1) is 13.1. The van der Waals surface area contributed by atoms with Crippen molar-refractivity contribution in [3.63, 3.8) is 0 Å². The Balaban J connectivity index is 1.55. The van der Waals surface area contributed by atoms with Gasteiger partial charge in [0.2, 0.25) is 5.91 Å². The molecule has 0 spiro atoms. The number of amides is 1. The van der Waals surface area contributed by atoms with Gasteiger partial charge in [0.15, 0.2) is 11.8 Å². The van der Waals surface area contributed by atoms with Crippen LogP contribution in [0.2, 0.25) is 5.02 Å². The second kappa shape index (κ2) is 8.85. The van der Waals surface area contributed by atoms with E-state index in [0.717, 1.165) is 24.5 Å². The lowest BCUT2D eigenvalue weighted by Crippen LogP contribution is -2.54. The number of guanidine groups is 1. The molecule has 1 fully saturated rings. The van der Waals surface area contributed by atoms with Crippen molar-refractivity contribution in [2.75, 3.05) is 26.7 Å². The maximum Gasteiger partial charge on any atom is 0.242 e. The molecule has 144 valence electrons. The molecule has 27 heavy (non-hydrogen) atoms. The Morgan fingerprint density at radius 2 is 2.07 bits per heavy atom. The van der Waals surface area contributed by atoms with Crippen molar-refractivity contribution in [1.29, 1.82) is 0 Å². The van der Waals surface area contributed by atoms with E-state index in [-0.39, 0.29) is 5.91 Å². The summed E-state index contributed by atoms with van der Waals surface area (Å²) in [6, 6.07) is 7.59. The van der Waals surface area contributed by atoms with E-state index >= 15 is 0 Å². The van der Waals surface area contributed by atoms with E-state index in [0.29, 0.717) is 37.2 Å². The molecule has 2 heterocycles. The van der Waals surface area contributed by atoms with Crippen molar-refractivity contribution < 1.29 is 4.79 Å². The van der Waals surface area contributed by atoms with Crippen LogP contribution in [0, 0.1) is 0 Å². The molecule has 0 radical (unpaired) electrons. The maximum atomic E-state index is 12.6. The molecule has 8 nitrogen and oxygen atoms in total. The number of nitrogens with one attached hydrogen (secondary N) is 1. The standard InChI is InChI=1S/C18H24ClN7O/c1-3-24-13-22-23-16(24)10-21-18(20-2)26-9-8-25(17(27)12-26)11-14-4-6-15(19)7-5-14/h4-7,13H,3,8-12H2,1-2H3,(H,20,21). The Hall–Kier alpha value is -2.61. The van der Waals surface area contributed by atoms with Gasteiger partial charge in [-0.05, 0) is 24.6 Å². The molecular formula is C18H24ClN7O. The second-order valence-corrected chi connectivity index (χ2v) is 6.73. The minimum absolute atomic E-state index is 0.0795. The molecule has 1 saturated heterocycles. The van der Waals surface area contributed by atoms with E-state index in [9.17, 15) is 4.79 Å². The van der Waals surface area contributed by atoms with E-state index in [1.54, 1.807) is 13.4 Å². The Kier molecular flexibility index (Phi) is 6.28. The molecule has 1 aliphatic heterocycles. The average Bonchev–Trinajstić information content (AvgIpc) is 3.13. The zero-order valence-corrected chi connectivity index (χ0v) is 16.4. The number of halogens is 1. The van der Waals surface area contributed by atoms with E-state index in [4.69, 9.17) is 11.6 Å². The summed E-state index contributed by atoms with van der Waals surface area (Å²) < 4.78 is 1.97. The highest BCUT2D eigenvalue weighted by atomic mass is 35.5. The molecule has 0 aliphatic carbocycles. The first-order valence-electron chi connectivity index (χ1n) is 8.95. The van der Waals surface area contributed by atoms with Gasteiger partial charge in [-0.1, -0.05) is 23.7 Å². The first kappa shape index (κ1) is 19.2. The number of carbonyl (C=O) groups excluding carboxylic acids is 1. The molecular weight excluding hydrogens is 366 g/mol. The molecule has 0 bridgehead atoms. The summed E-state index contributed by atoms with van der Waals surface area (Å²) in [5, 5.41) is 12.0. The van der Waals surface area contributed by atoms with Crippen molar-refractivity contribution in [3.05, 3.63) is 47.0 Å². The predicted molar refractivity (Wildman–Crippen MR) is 104 cm³/mol. The fraction of sp³-hybridized carbons (Fsp3) is 0.444. The van der Waals surface area contributed by atoms with Crippen molar-refractivity contribution in [3.8, 4) is 0 Å². The average molecular weight is 390 g/mol. The summed E-state index contributed by atoms with van der Waals surface area (Å²) in [4.78, 5) is 20.7. The monoisotopic (exact) mass is 389 g/mol. The lowest BCUT2D eigenvalue weighted by atomic mass is 10.2. The van der Waals surface area contributed by atoms with Crippen LogP contribution in [0.1, 0.15) is 18.3 Å². The number of aliphatic imine (C=N–C) groups is 1. The molecule has 9 heteroatoms. The summed E-state index contributed by atoms with van der Waals surface area (Å²) in [5.74, 6) is 1.61. The third-order valence-corrected chi connectivity index (χ3v) is 4.81. The number of rotatable bonds is 5. The van der Waals surface area contributed by atoms with E-state index in [1.165, 1.54) is 0 Å². The van der Waals surface area contributed by atoms with Gasteiger partial charge >= 0.3 is 0 Å². The summed E-state index contributed by atoms with van der Waals surface area (Å²) in [5.41, 5.74) is 1.07. The van der Waals surface area contributed by atoms with Crippen LogP contribution in [0.15, 0.2) is 35.6 Å². The number of carbonyl (C=O) groups is 1. The van der Waals surface area contributed by atoms with Crippen molar-refractivity contribution >= 4 is 23.5 Å². The van der Waals surface area contributed by atoms with Gasteiger partial charge in [-0.3, -0.25) is 9.79 Å². The Bertz CT molecular complexity index is 802. The van der Waals surface area contributed by atoms with Gasteiger partial charge in [-0.25, -0.2) is 0 Å². The highest BCUT2D eigenvalue weighted by Gasteiger charge is 2.26. The fourth-order valence-corrected chi connectivity index (χ4v) is 3.16. The van der Waals surface area contributed by atoms with Gasteiger partial charge < -0.3 is 19.7 Å². The van der Waals surface area contributed by atoms with E-state index < -0.39 is 0 Å². The normalized spacial score (nSPS) is 15.4. The number of piperazine rings is 1. The Morgan fingerprint density at radius 3 is 2.74 bits per heavy atom. The molecule has 1 aromatic heterocycles. The van der Waals surface area contributed by atoms with Crippen molar-refractivity contribution in [2.45, 2.75) is 26.6 Å². The van der Waals surface area contributed by atoms with Gasteiger partial charge in [-0.15, -0.1) is 10.2 Å². The van der Waals surface area contributed by atoms with Crippen LogP contribution in [0.3, 0.4) is 0 Å². The van der Waals surface area contributed by atoms with Gasteiger partial charge in [0.25, 0.3) is 0 Å². The van der Waals surface area contributed by atoms with Gasteiger partial charge in [-0.2, -0.15) is 0 Å². The number of aryl methyl sites for hydroxylation is 1. The predicted octanol–water partition coefficient (Wildman–Crippen LogP) is 1.37. The number of hydrogen-bond donors (Lipinski definition) is 1. The summed E-state index contributed by atoms with van der Waals surface area (Å²) in [6.45, 7) is 5.63. The lowest BCUT2D eigenvalue weighted by Gasteiger charge is -2.36. The number of nitrogens with zero attached hydrogens (tertiary/aromatic N) is 6. The van der Waals surface area contributed by atoms with E-state index in [2.05, 4.69) is 20.5 Å². The molecule has 0 unspecified atom stereocenters. The SMILES string of the molecule is CCn1cnnc1CNC(=NC)N1CCN(Cc2ccc(Cl)cc2)C(=O)C1. The minimum atomic E-state index is 0.0795. The van der Waals surface area contributed by atoms with Gasteiger partial charge in [0.05, 0.1) is 13.1 Å². The largest absolute Gasteiger partial charge is 0.349 e. The molecule has 0 atom stereocenters. The minimum Gasteiger partial charge on any atom is -0.349 e. The Labute approximate surface area is 163 Å². The van der Waals surface area contributed by atoms with Crippen LogP contribution in [0.5, 0.6) is 0 Å². The summed E-state index contributed by atoms with van der Waals surface area (Å²) in [7, 11) is 1.72. The molecule has 1 amide bonds. The van der Waals surface area contributed by atoms with Crippen LogP contribution in [0.4, 0.5) is 0 Å². The third kappa shape index (κ3) is 4.77. The zero-order valence-electron chi connectivity index (χ0n) is 15.6. The number of benzene rings is 1. The Morgan fingerprint density at radius 1 is 1.30 bits per heavy atom. The van der Waals surface area contributed by atoms with Crippen LogP contribution >= 0.6 is 11.6 Å². The van der Waals surface area contributed by atoms with Gasteiger partial charge in [0.1, 0.15) is 6.33 Å². The van der Waals surface area contributed by atoms with Crippen LogP contribution in [0.25, 0.3) is 0 Å². The van der Waals surface area contributed by atoms with Gasteiger partial charge in [0, 0.05) is 38.2 Å². The van der Waals surface area contributed by atoms with Crippen LogP contribution in [-0.2, 0) is 24.4 Å². The molecule has 1 aromatic carbocycles. The first-order valence-corrected chi connectivity index (χ1v) is 9.33. The van der Waals surface area contributed by atoms with Crippen molar-refractivity contribution in [2.24, 2.45) is 4.99 Å². The highest BCUT2D eigenvalue weighted by molar-refractivity contribution is 6.30. The highest BCUT2D eigenvalue weighted by Crippen LogP contribution is 2.13. The number of hydrogen-bond acceptors (Lipinski definition) is 4. The fourth-order valence-electron chi connectivity index (χ4n) is 3.04. The van der Waals surface area contributed by atoms with Crippen molar-refractivity contribution in [1.82, 2.24) is 29.9 Å². The summed E-state index contributed by atoms with van der Waals surface area (Å²) in [6.07, 6.45) is 1.71. The molecule has 3 rings (SSSR count). The topological polar surface area (TPSA) is 78.7 Å². The second-order valence-electron chi connectivity index (χ2n) is 6.30. The molecule has 1 aliphatic rings. The quantitative estimate of drug-likeness (QED) is 0.617. The molecule has 1 N–H and O–H groups in total.